The van der Waals surface area contributed by atoms with Gasteiger partial charge in [-0.3, -0.25) is 5.43 Å². The normalized spacial score (nSPS) is 10.3. The van der Waals surface area contributed by atoms with Crippen molar-refractivity contribution in [3.05, 3.63) is 28.0 Å². The zero-order valence-electron chi connectivity index (χ0n) is 8.89. The average Bonchev–Trinajstić information content (AvgIpc) is 2.30. The first-order valence-electron chi connectivity index (χ1n) is 4.49. The second-order valence-electron chi connectivity index (χ2n) is 3.10. The maximum Gasteiger partial charge on any atom is 0.418 e. The molecule has 0 saturated heterocycles. The van der Waals surface area contributed by atoms with Crippen molar-refractivity contribution in [3.8, 4) is 12.1 Å². The Hall–Kier alpha value is -2.13. The third kappa shape index (κ3) is 3.66. The molecule has 1 aromatic carbocycles. The molecule has 9 heteroatoms. The van der Waals surface area contributed by atoms with E-state index in [0.29, 0.717) is 6.07 Å². The zero-order valence-corrected chi connectivity index (χ0v) is 10.5. The molecule has 0 spiro atoms. The molecular formula is C10H3BrF4N4. The fourth-order valence-corrected chi connectivity index (χ4v) is 1.53. The standard InChI is InChI=1S/C10H3BrF4N4/c11-5-1-7(10(13,14)15)9(8(12)2-5)19-18-6(3-16)4-17/h1-2,19H. The van der Waals surface area contributed by atoms with E-state index in [2.05, 4.69) is 21.0 Å². The Labute approximate surface area is 113 Å². The average molecular weight is 335 g/mol. The highest BCUT2D eigenvalue weighted by Crippen LogP contribution is 2.38. The number of hydrogen-bond donors (Lipinski definition) is 1. The Morgan fingerprint density at radius 2 is 1.84 bits per heavy atom. The number of nitriles is 2. The van der Waals surface area contributed by atoms with Crippen LogP contribution in [-0.2, 0) is 6.18 Å². The molecule has 0 bridgehead atoms. The Morgan fingerprint density at radius 1 is 1.26 bits per heavy atom. The Morgan fingerprint density at radius 3 is 2.32 bits per heavy atom. The van der Waals surface area contributed by atoms with Crippen LogP contribution >= 0.6 is 15.9 Å². The van der Waals surface area contributed by atoms with E-state index in [1.54, 1.807) is 5.43 Å². The molecule has 0 heterocycles. The molecule has 0 aliphatic rings. The molecule has 0 aromatic heterocycles. The molecule has 19 heavy (non-hydrogen) atoms. The first-order chi connectivity index (χ1) is 8.79. The monoisotopic (exact) mass is 334 g/mol. The van der Waals surface area contributed by atoms with Crippen molar-refractivity contribution >= 4 is 27.3 Å². The van der Waals surface area contributed by atoms with Crippen LogP contribution in [0.25, 0.3) is 0 Å². The van der Waals surface area contributed by atoms with Crippen LogP contribution < -0.4 is 5.43 Å². The lowest BCUT2D eigenvalue weighted by Gasteiger charge is -2.13. The van der Waals surface area contributed by atoms with E-state index >= 15 is 0 Å². The second-order valence-corrected chi connectivity index (χ2v) is 4.02. The topological polar surface area (TPSA) is 72.0 Å². The van der Waals surface area contributed by atoms with Crippen molar-refractivity contribution in [2.75, 3.05) is 5.43 Å². The van der Waals surface area contributed by atoms with E-state index in [4.69, 9.17) is 10.5 Å². The van der Waals surface area contributed by atoms with Gasteiger partial charge in [0.15, 0.2) is 0 Å². The molecule has 0 atom stereocenters. The van der Waals surface area contributed by atoms with E-state index in [9.17, 15) is 17.6 Å². The summed E-state index contributed by atoms with van der Waals surface area (Å²) in [7, 11) is 0. The number of halogens is 5. The number of anilines is 1. The maximum atomic E-state index is 13.5. The molecule has 0 aliphatic carbocycles. The summed E-state index contributed by atoms with van der Waals surface area (Å²) >= 11 is 2.74. The fraction of sp³-hybridized carbons (Fsp3) is 0.100. The van der Waals surface area contributed by atoms with Gasteiger partial charge in [-0.2, -0.15) is 28.8 Å². The second kappa shape index (κ2) is 5.67. The highest BCUT2D eigenvalue weighted by molar-refractivity contribution is 9.10. The maximum absolute atomic E-state index is 13.5. The molecule has 4 nitrogen and oxygen atoms in total. The summed E-state index contributed by atoms with van der Waals surface area (Å²) in [4.78, 5) is 0. The summed E-state index contributed by atoms with van der Waals surface area (Å²) < 4.78 is 51.4. The van der Waals surface area contributed by atoms with Gasteiger partial charge >= 0.3 is 6.18 Å². The van der Waals surface area contributed by atoms with Crippen LogP contribution in [0.2, 0.25) is 0 Å². The zero-order chi connectivity index (χ0) is 14.6. The molecule has 1 rings (SSSR count). The molecule has 0 saturated carbocycles. The number of rotatable bonds is 2. The van der Waals surface area contributed by atoms with Crippen molar-refractivity contribution < 1.29 is 17.6 Å². The van der Waals surface area contributed by atoms with Gasteiger partial charge in [0.1, 0.15) is 23.6 Å². The third-order valence-electron chi connectivity index (χ3n) is 1.85. The molecular weight excluding hydrogens is 332 g/mol. The van der Waals surface area contributed by atoms with E-state index in [-0.39, 0.29) is 4.47 Å². The van der Waals surface area contributed by atoms with Crippen LogP contribution in [0.15, 0.2) is 21.7 Å². The van der Waals surface area contributed by atoms with Crippen molar-refractivity contribution in [3.63, 3.8) is 0 Å². The smallest absolute Gasteiger partial charge is 0.273 e. The number of hydrogen-bond acceptors (Lipinski definition) is 4. The van der Waals surface area contributed by atoms with Gasteiger partial charge in [-0.1, -0.05) is 15.9 Å². The van der Waals surface area contributed by atoms with Crippen LogP contribution in [-0.4, -0.2) is 5.71 Å². The summed E-state index contributed by atoms with van der Waals surface area (Å²) in [6.45, 7) is 0. The summed E-state index contributed by atoms with van der Waals surface area (Å²) in [5.41, 5.74) is -1.25. The molecule has 0 fully saturated rings. The van der Waals surface area contributed by atoms with Gasteiger partial charge < -0.3 is 0 Å². The van der Waals surface area contributed by atoms with Gasteiger partial charge in [-0.05, 0) is 12.1 Å². The highest BCUT2D eigenvalue weighted by atomic mass is 79.9. The first kappa shape index (κ1) is 14.9. The Kier molecular flexibility index (Phi) is 4.46. The SMILES string of the molecule is N#CC(C#N)=NNc1c(F)cc(Br)cc1C(F)(F)F. The lowest BCUT2D eigenvalue weighted by Crippen LogP contribution is -2.11. The number of nitrogens with one attached hydrogen (secondary N) is 1. The van der Waals surface area contributed by atoms with Crippen LogP contribution in [0.4, 0.5) is 23.2 Å². The number of hydrazone groups is 1. The predicted octanol–water partition coefficient (Wildman–Crippen LogP) is 3.42. The summed E-state index contributed by atoms with van der Waals surface area (Å²) in [5.74, 6) is -1.22. The fourth-order valence-electron chi connectivity index (χ4n) is 1.10. The van der Waals surface area contributed by atoms with Gasteiger partial charge in [0.2, 0.25) is 5.71 Å². The van der Waals surface area contributed by atoms with E-state index < -0.39 is 29.0 Å². The minimum atomic E-state index is -4.82. The summed E-state index contributed by atoms with van der Waals surface area (Å²) in [6, 6.07) is 4.10. The predicted molar refractivity (Wildman–Crippen MR) is 61.4 cm³/mol. The third-order valence-corrected chi connectivity index (χ3v) is 2.31. The number of alkyl halides is 3. The van der Waals surface area contributed by atoms with Gasteiger partial charge in [-0.25, -0.2) is 4.39 Å². The van der Waals surface area contributed by atoms with Crippen molar-refractivity contribution in [1.29, 1.82) is 10.5 Å². The largest absolute Gasteiger partial charge is 0.418 e. The van der Waals surface area contributed by atoms with E-state index in [1.807, 2.05) is 0 Å². The minimum Gasteiger partial charge on any atom is -0.273 e. The number of nitrogens with zero attached hydrogens (tertiary/aromatic N) is 3. The summed E-state index contributed by atoms with van der Waals surface area (Å²) in [5, 5.41) is 19.8. The Bertz CT molecular complexity index is 594. The van der Waals surface area contributed by atoms with E-state index in [0.717, 1.165) is 6.07 Å². The van der Waals surface area contributed by atoms with Crippen LogP contribution in [0.1, 0.15) is 5.56 Å². The molecule has 0 aliphatic heterocycles. The van der Waals surface area contributed by atoms with Gasteiger partial charge in [0.25, 0.3) is 0 Å². The highest BCUT2D eigenvalue weighted by Gasteiger charge is 2.35. The van der Waals surface area contributed by atoms with Gasteiger partial charge in [0, 0.05) is 4.47 Å². The lowest BCUT2D eigenvalue weighted by atomic mass is 10.1. The molecule has 1 aromatic rings. The van der Waals surface area contributed by atoms with E-state index in [1.165, 1.54) is 12.1 Å². The van der Waals surface area contributed by atoms with Crippen molar-refractivity contribution in [2.45, 2.75) is 6.18 Å². The van der Waals surface area contributed by atoms with Crippen molar-refractivity contribution in [2.24, 2.45) is 5.10 Å². The Balaban J connectivity index is 3.32. The summed E-state index contributed by atoms with van der Waals surface area (Å²) in [6.07, 6.45) is -4.82. The van der Waals surface area contributed by atoms with Crippen LogP contribution in [0.3, 0.4) is 0 Å². The molecule has 0 amide bonds. The van der Waals surface area contributed by atoms with Crippen LogP contribution in [0.5, 0.6) is 0 Å². The quantitative estimate of drug-likeness (QED) is 0.511. The van der Waals surface area contributed by atoms with Crippen LogP contribution in [0, 0.1) is 28.5 Å². The molecule has 0 radical (unpaired) electrons. The molecule has 1 N–H and O–H groups in total. The lowest BCUT2D eigenvalue weighted by molar-refractivity contribution is -0.137. The number of benzene rings is 1. The first-order valence-corrected chi connectivity index (χ1v) is 5.29. The van der Waals surface area contributed by atoms with Gasteiger partial charge in [-0.15, -0.1) is 0 Å². The minimum absolute atomic E-state index is 0.104. The molecule has 0 unspecified atom stereocenters. The van der Waals surface area contributed by atoms with Crippen molar-refractivity contribution in [1.82, 2.24) is 0 Å². The van der Waals surface area contributed by atoms with Gasteiger partial charge in [0.05, 0.1) is 5.56 Å². The molecule has 98 valence electrons.